The molecule has 0 radical (unpaired) electrons. The molecule has 2 aromatic rings. The fourth-order valence-electron chi connectivity index (χ4n) is 1.71. The largest absolute Gasteiger partial charge is 0.497 e. The molecule has 2 rings (SSSR count). The van der Waals surface area contributed by atoms with Gasteiger partial charge in [-0.3, -0.25) is 4.98 Å². The predicted octanol–water partition coefficient (Wildman–Crippen LogP) is 2.23. The molecule has 5 heteroatoms. The van der Waals surface area contributed by atoms with Crippen LogP contribution in [0.3, 0.4) is 0 Å². The van der Waals surface area contributed by atoms with Gasteiger partial charge in [0.25, 0.3) is 0 Å². The summed E-state index contributed by atoms with van der Waals surface area (Å²) in [4.78, 5) is 10.7. The van der Waals surface area contributed by atoms with Crippen molar-refractivity contribution in [1.29, 1.82) is 0 Å². The molecule has 0 aliphatic carbocycles. The van der Waals surface area contributed by atoms with Gasteiger partial charge in [0.05, 0.1) is 32.3 Å². The van der Waals surface area contributed by atoms with Gasteiger partial charge in [0, 0.05) is 25.7 Å². The Balaban J connectivity index is 2.49. The lowest BCUT2D eigenvalue weighted by molar-refractivity contribution is 0.395. The first-order chi connectivity index (χ1) is 9.15. The second-order valence-electron chi connectivity index (χ2n) is 4.22. The number of rotatable bonds is 4. The van der Waals surface area contributed by atoms with Crippen LogP contribution in [0.5, 0.6) is 11.5 Å². The molecule has 19 heavy (non-hydrogen) atoms. The average molecular weight is 259 g/mol. The molecule has 0 bridgehead atoms. The highest BCUT2D eigenvalue weighted by atomic mass is 16.5. The average Bonchev–Trinajstić information content (AvgIpc) is 2.46. The highest BCUT2D eigenvalue weighted by Gasteiger charge is 2.10. The first kappa shape index (κ1) is 13.1. The van der Waals surface area contributed by atoms with Crippen molar-refractivity contribution in [3.8, 4) is 22.8 Å². The number of anilines is 1. The monoisotopic (exact) mass is 259 g/mol. The molecule has 0 amide bonds. The molecule has 0 saturated heterocycles. The van der Waals surface area contributed by atoms with Crippen LogP contribution in [0, 0.1) is 0 Å². The Morgan fingerprint density at radius 1 is 1.05 bits per heavy atom. The minimum atomic E-state index is 0.713. The van der Waals surface area contributed by atoms with E-state index in [1.165, 1.54) is 0 Å². The van der Waals surface area contributed by atoms with Gasteiger partial charge in [0.15, 0.2) is 0 Å². The molecule has 1 heterocycles. The summed E-state index contributed by atoms with van der Waals surface area (Å²) in [7, 11) is 7.11. The maximum atomic E-state index is 5.38. The first-order valence-electron chi connectivity index (χ1n) is 5.87. The summed E-state index contributed by atoms with van der Waals surface area (Å²) in [5.41, 5.74) is 1.66. The highest BCUT2D eigenvalue weighted by Crippen LogP contribution is 2.32. The van der Waals surface area contributed by atoms with Gasteiger partial charge in [0.2, 0.25) is 0 Å². The van der Waals surface area contributed by atoms with Gasteiger partial charge in [0.1, 0.15) is 17.3 Å². The third kappa shape index (κ3) is 2.76. The summed E-state index contributed by atoms with van der Waals surface area (Å²) in [5.74, 6) is 2.26. The fraction of sp³-hybridized carbons (Fsp3) is 0.286. The van der Waals surface area contributed by atoms with Crippen LogP contribution in [-0.2, 0) is 0 Å². The summed E-state index contributed by atoms with van der Waals surface area (Å²) in [6, 6.07) is 5.63. The van der Waals surface area contributed by atoms with Crippen molar-refractivity contribution in [2.24, 2.45) is 0 Å². The maximum absolute atomic E-state index is 5.38. The summed E-state index contributed by atoms with van der Waals surface area (Å²) in [5, 5.41) is 0. The number of methoxy groups -OCH3 is 2. The number of ether oxygens (including phenoxy) is 2. The van der Waals surface area contributed by atoms with Gasteiger partial charge in [-0.2, -0.15) is 0 Å². The molecule has 0 fully saturated rings. The standard InChI is InChI=1S/C14H17N3O2/c1-17(2)14-9-15-8-12(16-14)11-6-5-10(18-3)7-13(11)19-4/h5-9H,1-4H3. The highest BCUT2D eigenvalue weighted by molar-refractivity contribution is 5.69. The molecule has 5 nitrogen and oxygen atoms in total. The van der Waals surface area contributed by atoms with Crippen molar-refractivity contribution in [2.75, 3.05) is 33.2 Å². The second kappa shape index (κ2) is 5.56. The molecule has 1 aromatic carbocycles. The van der Waals surface area contributed by atoms with Crippen molar-refractivity contribution in [2.45, 2.75) is 0 Å². The van der Waals surface area contributed by atoms with Gasteiger partial charge in [-0.15, -0.1) is 0 Å². The molecule has 0 N–H and O–H groups in total. The Labute approximate surface area is 112 Å². The smallest absolute Gasteiger partial charge is 0.147 e. The van der Waals surface area contributed by atoms with E-state index < -0.39 is 0 Å². The van der Waals surface area contributed by atoms with Crippen LogP contribution in [0.15, 0.2) is 30.6 Å². The third-order valence-electron chi connectivity index (χ3n) is 2.76. The van der Waals surface area contributed by atoms with Crippen molar-refractivity contribution in [3.63, 3.8) is 0 Å². The van der Waals surface area contributed by atoms with E-state index in [4.69, 9.17) is 9.47 Å². The Morgan fingerprint density at radius 3 is 2.47 bits per heavy atom. The number of nitrogens with zero attached hydrogens (tertiary/aromatic N) is 3. The normalized spacial score (nSPS) is 10.1. The van der Waals surface area contributed by atoms with E-state index in [0.717, 1.165) is 22.8 Å². The third-order valence-corrected chi connectivity index (χ3v) is 2.76. The van der Waals surface area contributed by atoms with Crippen LogP contribution in [0.4, 0.5) is 5.82 Å². The van der Waals surface area contributed by atoms with E-state index in [0.29, 0.717) is 5.75 Å². The molecule has 0 aliphatic rings. The molecular weight excluding hydrogens is 242 g/mol. The quantitative estimate of drug-likeness (QED) is 0.842. The lowest BCUT2D eigenvalue weighted by Crippen LogP contribution is -2.11. The van der Waals surface area contributed by atoms with E-state index in [9.17, 15) is 0 Å². The molecule has 0 unspecified atom stereocenters. The second-order valence-corrected chi connectivity index (χ2v) is 4.22. The Kier molecular flexibility index (Phi) is 3.85. The zero-order valence-corrected chi connectivity index (χ0v) is 11.5. The van der Waals surface area contributed by atoms with E-state index in [-0.39, 0.29) is 0 Å². The molecule has 0 atom stereocenters. The Morgan fingerprint density at radius 2 is 1.84 bits per heavy atom. The summed E-state index contributed by atoms with van der Waals surface area (Å²) < 4.78 is 10.6. The SMILES string of the molecule is COc1ccc(-c2cncc(N(C)C)n2)c(OC)c1. The molecule has 0 saturated carbocycles. The van der Waals surface area contributed by atoms with E-state index >= 15 is 0 Å². The number of hydrogen-bond donors (Lipinski definition) is 0. The zero-order chi connectivity index (χ0) is 13.8. The summed E-state index contributed by atoms with van der Waals surface area (Å²) in [6.45, 7) is 0. The summed E-state index contributed by atoms with van der Waals surface area (Å²) in [6.07, 6.45) is 3.44. The maximum Gasteiger partial charge on any atom is 0.147 e. The van der Waals surface area contributed by atoms with E-state index in [1.807, 2.05) is 37.2 Å². The van der Waals surface area contributed by atoms with Gasteiger partial charge in [-0.05, 0) is 12.1 Å². The number of benzene rings is 1. The Bertz CT molecular complexity index is 570. The zero-order valence-electron chi connectivity index (χ0n) is 11.5. The number of hydrogen-bond acceptors (Lipinski definition) is 5. The van der Waals surface area contributed by atoms with E-state index in [1.54, 1.807) is 26.6 Å². The topological polar surface area (TPSA) is 47.5 Å². The van der Waals surface area contributed by atoms with Crippen molar-refractivity contribution >= 4 is 5.82 Å². The molecular formula is C14H17N3O2. The van der Waals surface area contributed by atoms with Gasteiger partial charge < -0.3 is 14.4 Å². The lowest BCUT2D eigenvalue weighted by atomic mass is 10.1. The number of aromatic nitrogens is 2. The minimum absolute atomic E-state index is 0.713. The van der Waals surface area contributed by atoms with E-state index in [2.05, 4.69) is 9.97 Å². The van der Waals surface area contributed by atoms with Crippen LogP contribution < -0.4 is 14.4 Å². The summed E-state index contributed by atoms with van der Waals surface area (Å²) >= 11 is 0. The van der Waals surface area contributed by atoms with Gasteiger partial charge in [-0.25, -0.2) is 4.98 Å². The minimum Gasteiger partial charge on any atom is -0.497 e. The molecule has 0 aliphatic heterocycles. The Hall–Kier alpha value is -2.30. The van der Waals surface area contributed by atoms with Crippen molar-refractivity contribution in [3.05, 3.63) is 30.6 Å². The van der Waals surface area contributed by atoms with Crippen LogP contribution in [0.1, 0.15) is 0 Å². The molecule has 0 spiro atoms. The van der Waals surface area contributed by atoms with Crippen molar-refractivity contribution in [1.82, 2.24) is 9.97 Å². The van der Waals surface area contributed by atoms with Crippen molar-refractivity contribution < 1.29 is 9.47 Å². The first-order valence-corrected chi connectivity index (χ1v) is 5.87. The van der Waals surface area contributed by atoms with Crippen LogP contribution >= 0.6 is 0 Å². The lowest BCUT2D eigenvalue weighted by Gasteiger charge is -2.13. The molecule has 100 valence electrons. The molecule has 1 aromatic heterocycles. The van der Waals surface area contributed by atoms with Crippen LogP contribution in [0.2, 0.25) is 0 Å². The van der Waals surface area contributed by atoms with Gasteiger partial charge in [-0.1, -0.05) is 0 Å². The van der Waals surface area contributed by atoms with Gasteiger partial charge >= 0.3 is 0 Å². The van der Waals surface area contributed by atoms with Crippen LogP contribution in [0.25, 0.3) is 11.3 Å². The predicted molar refractivity (Wildman–Crippen MR) is 74.9 cm³/mol. The fourth-order valence-corrected chi connectivity index (χ4v) is 1.71. The van der Waals surface area contributed by atoms with Crippen LogP contribution in [-0.4, -0.2) is 38.3 Å².